The standard InChI is InChI=1S/C11H13BrClNO/c1-7-4-3-5-9(13)11(7)14-10(15)6-8(2)12/h3-5,8H,6H2,1-2H3,(H,14,15). The van der Waals surface area contributed by atoms with E-state index in [1.54, 1.807) is 6.07 Å². The summed E-state index contributed by atoms with van der Waals surface area (Å²) in [6, 6.07) is 5.54. The quantitative estimate of drug-likeness (QED) is 0.844. The fourth-order valence-corrected chi connectivity index (χ4v) is 1.80. The molecule has 1 aromatic carbocycles. The van der Waals surface area contributed by atoms with E-state index in [-0.39, 0.29) is 10.7 Å². The molecule has 1 unspecified atom stereocenters. The second-order valence-electron chi connectivity index (χ2n) is 3.46. The van der Waals surface area contributed by atoms with Crippen LogP contribution in [0.3, 0.4) is 0 Å². The number of benzene rings is 1. The van der Waals surface area contributed by atoms with Crippen LogP contribution in [0.2, 0.25) is 5.02 Å². The molecule has 1 rings (SSSR count). The molecule has 0 bridgehead atoms. The van der Waals surface area contributed by atoms with Crippen molar-refractivity contribution in [3.05, 3.63) is 28.8 Å². The van der Waals surface area contributed by atoms with Crippen LogP contribution in [-0.4, -0.2) is 10.7 Å². The van der Waals surface area contributed by atoms with Crippen molar-refractivity contribution in [1.29, 1.82) is 0 Å². The minimum atomic E-state index is -0.0319. The number of halogens is 2. The Morgan fingerprint density at radius 2 is 2.27 bits per heavy atom. The molecule has 0 aliphatic rings. The van der Waals surface area contributed by atoms with Crippen molar-refractivity contribution in [2.45, 2.75) is 25.1 Å². The number of amides is 1. The summed E-state index contributed by atoms with van der Waals surface area (Å²) in [5.74, 6) is -0.0319. The summed E-state index contributed by atoms with van der Waals surface area (Å²) < 4.78 is 0. The van der Waals surface area contributed by atoms with Gasteiger partial charge in [-0.1, -0.05) is 46.6 Å². The average Bonchev–Trinajstić information content (AvgIpc) is 2.10. The van der Waals surface area contributed by atoms with Crippen LogP contribution in [0.25, 0.3) is 0 Å². The predicted molar refractivity (Wildman–Crippen MR) is 67.8 cm³/mol. The molecule has 1 atom stereocenters. The molecule has 0 aliphatic heterocycles. The summed E-state index contributed by atoms with van der Waals surface area (Å²) in [7, 11) is 0. The molecule has 1 N–H and O–H groups in total. The van der Waals surface area contributed by atoms with Gasteiger partial charge in [-0.2, -0.15) is 0 Å². The van der Waals surface area contributed by atoms with E-state index < -0.39 is 0 Å². The topological polar surface area (TPSA) is 29.1 Å². The van der Waals surface area contributed by atoms with E-state index in [2.05, 4.69) is 21.2 Å². The monoisotopic (exact) mass is 289 g/mol. The highest BCUT2D eigenvalue weighted by atomic mass is 79.9. The third kappa shape index (κ3) is 3.84. The van der Waals surface area contributed by atoms with Crippen molar-refractivity contribution in [1.82, 2.24) is 0 Å². The number of para-hydroxylation sites is 1. The third-order valence-corrected chi connectivity index (χ3v) is 2.59. The summed E-state index contributed by atoms with van der Waals surface area (Å²) in [5, 5.41) is 3.38. The molecule has 0 saturated carbocycles. The number of aryl methyl sites for hydroxylation is 1. The van der Waals surface area contributed by atoms with Crippen LogP contribution >= 0.6 is 27.5 Å². The molecule has 1 amide bonds. The molecule has 0 spiro atoms. The molecule has 15 heavy (non-hydrogen) atoms. The Kier molecular flexibility index (Phi) is 4.61. The smallest absolute Gasteiger partial charge is 0.225 e. The lowest BCUT2D eigenvalue weighted by Gasteiger charge is -2.10. The van der Waals surface area contributed by atoms with Gasteiger partial charge < -0.3 is 5.32 Å². The van der Waals surface area contributed by atoms with Gasteiger partial charge in [-0.3, -0.25) is 4.79 Å². The number of rotatable bonds is 3. The average molecular weight is 291 g/mol. The van der Waals surface area contributed by atoms with Gasteiger partial charge in [0.05, 0.1) is 10.7 Å². The van der Waals surface area contributed by atoms with E-state index in [1.165, 1.54) is 0 Å². The molecule has 0 heterocycles. The molecule has 4 heteroatoms. The van der Waals surface area contributed by atoms with Crippen molar-refractivity contribution < 1.29 is 4.79 Å². The van der Waals surface area contributed by atoms with Crippen LogP contribution in [0.5, 0.6) is 0 Å². The molecule has 0 aliphatic carbocycles. The molecular weight excluding hydrogens is 277 g/mol. The maximum absolute atomic E-state index is 11.5. The highest BCUT2D eigenvalue weighted by molar-refractivity contribution is 9.09. The van der Waals surface area contributed by atoms with Crippen LogP contribution in [0.15, 0.2) is 18.2 Å². The Morgan fingerprint density at radius 1 is 1.60 bits per heavy atom. The maximum atomic E-state index is 11.5. The van der Waals surface area contributed by atoms with Gasteiger partial charge in [0, 0.05) is 11.2 Å². The van der Waals surface area contributed by atoms with E-state index in [0.29, 0.717) is 17.1 Å². The lowest BCUT2D eigenvalue weighted by Crippen LogP contribution is -2.15. The van der Waals surface area contributed by atoms with E-state index >= 15 is 0 Å². The van der Waals surface area contributed by atoms with Crippen LogP contribution in [0.1, 0.15) is 18.9 Å². The fourth-order valence-electron chi connectivity index (χ4n) is 1.24. The van der Waals surface area contributed by atoms with Crippen LogP contribution in [0, 0.1) is 6.92 Å². The first kappa shape index (κ1) is 12.5. The van der Waals surface area contributed by atoms with Crippen LogP contribution in [0.4, 0.5) is 5.69 Å². The maximum Gasteiger partial charge on any atom is 0.225 e. The predicted octanol–water partition coefficient (Wildman–Crippen LogP) is 3.76. The number of alkyl halides is 1. The van der Waals surface area contributed by atoms with Crippen molar-refractivity contribution in [3.8, 4) is 0 Å². The van der Waals surface area contributed by atoms with E-state index in [0.717, 1.165) is 5.56 Å². The zero-order valence-electron chi connectivity index (χ0n) is 8.68. The van der Waals surface area contributed by atoms with Gasteiger partial charge in [-0.25, -0.2) is 0 Å². The Balaban J connectivity index is 2.76. The number of carbonyl (C=O) groups is 1. The lowest BCUT2D eigenvalue weighted by atomic mass is 10.2. The van der Waals surface area contributed by atoms with E-state index in [1.807, 2.05) is 26.0 Å². The second kappa shape index (κ2) is 5.52. The minimum absolute atomic E-state index is 0.0319. The van der Waals surface area contributed by atoms with Crippen molar-refractivity contribution in [2.75, 3.05) is 5.32 Å². The van der Waals surface area contributed by atoms with E-state index in [9.17, 15) is 4.79 Å². The number of nitrogens with one attached hydrogen (secondary N) is 1. The van der Waals surface area contributed by atoms with Gasteiger partial charge in [-0.15, -0.1) is 0 Å². The van der Waals surface area contributed by atoms with E-state index in [4.69, 9.17) is 11.6 Å². The summed E-state index contributed by atoms with van der Waals surface area (Å²) in [5.41, 5.74) is 1.68. The molecule has 0 saturated heterocycles. The van der Waals surface area contributed by atoms with Crippen LogP contribution in [-0.2, 0) is 4.79 Å². The second-order valence-corrected chi connectivity index (χ2v) is 5.44. The molecule has 0 aromatic heterocycles. The first-order chi connectivity index (χ1) is 7.00. The lowest BCUT2D eigenvalue weighted by molar-refractivity contribution is -0.116. The first-order valence-electron chi connectivity index (χ1n) is 4.69. The number of carbonyl (C=O) groups excluding carboxylic acids is 1. The van der Waals surface area contributed by atoms with Crippen molar-refractivity contribution in [3.63, 3.8) is 0 Å². The first-order valence-corrected chi connectivity index (χ1v) is 5.99. The zero-order chi connectivity index (χ0) is 11.4. The SMILES string of the molecule is Cc1cccc(Cl)c1NC(=O)CC(C)Br. The minimum Gasteiger partial charge on any atom is -0.325 e. The number of hydrogen-bond acceptors (Lipinski definition) is 1. The summed E-state index contributed by atoms with van der Waals surface area (Å²) in [4.78, 5) is 11.7. The largest absolute Gasteiger partial charge is 0.325 e. The molecule has 0 radical (unpaired) electrons. The molecular formula is C11H13BrClNO. The molecule has 82 valence electrons. The highest BCUT2D eigenvalue weighted by Gasteiger charge is 2.09. The Hall–Kier alpha value is -0.540. The third-order valence-electron chi connectivity index (χ3n) is 1.95. The van der Waals surface area contributed by atoms with Gasteiger partial charge in [0.2, 0.25) is 5.91 Å². The molecule has 1 aromatic rings. The summed E-state index contributed by atoms with van der Waals surface area (Å²) in [6.45, 7) is 3.85. The fraction of sp³-hybridized carbons (Fsp3) is 0.364. The zero-order valence-corrected chi connectivity index (χ0v) is 11.0. The normalized spacial score (nSPS) is 12.3. The molecule has 2 nitrogen and oxygen atoms in total. The Labute approximate surface area is 103 Å². The Bertz CT molecular complexity index is 345. The van der Waals surface area contributed by atoms with Gasteiger partial charge in [0.15, 0.2) is 0 Å². The molecule has 0 fully saturated rings. The van der Waals surface area contributed by atoms with Crippen LogP contribution < -0.4 is 5.32 Å². The summed E-state index contributed by atoms with van der Waals surface area (Å²) >= 11 is 9.32. The van der Waals surface area contributed by atoms with Gasteiger partial charge in [0.25, 0.3) is 0 Å². The van der Waals surface area contributed by atoms with Crippen molar-refractivity contribution >= 4 is 39.1 Å². The van der Waals surface area contributed by atoms with Crippen molar-refractivity contribution in [2.24, 2.45) is 0 Å². The Morgan fingerprint density at radius 3 is 2.80 bits per heavy atom. The van der Waals surface area contributed by atoms with Gasteiger partial charge in [-0.05, 0) is 18.6 Å². The summed E-state index contributed by atoms with van der Waals surface area (Å²) in [6.07, 6.45) is 0.435. The number of anilines is 1. The van der Waals surface area contributed by atoms with Gasteiger partial charge >= 0.3 is 0 Å². The van der Waals surface area contributed by atoms with Gasteiger partial charge in [0.1, 0.15) is 0 Å². The number of hydrogen-bond donors (Lipinski definition) is 1. The highest BCUT2D eigenvalue weighted by Crippen LogP contribution is 2.25.